The highest BCUT2D eigenvalue weighted by molar-refractivity contribution is 6.34. The maximum absolute atomic E-state index is 11.0. The van der Waals surface area contributed by atoms with E-state index in [0.717, 1.165) is 0 Å². The minimum atomic E-state index is -1.26. The second-order valence-electron chi connectivity index (χ2n) is 3.89. The molecule has 0 radical (unpaired) electrons. The maximum Gasteiger partial charge on any atom is 0.374 e. The van der Waals surface area contributed by atoms with Crippen molar-refractivity contribution in [1.29, 1.82) is 0 Å². The van der Waals surface area contributed by atoms with E-state index >= 15 is 0 Å². The molecule has 0 saturated heterocycles. The summed E-state index contributed by atoms with van der Waals surface area (Å²) in [5.41, 5.74) is 0.632. The summed E-state index contributed by atoms with van der Waals surface area (Å²) in [5.74, 6) is -1.27. The molecule has 0 aliphatic heterocycles. The molecule has 0 spiro atoms. The van der Waals surface area contributed by atoms with Crippen LogP contribution in [-0.2, 0) is 0 Å². The minimum Gasteiger partial charge on any atom is -0.492 e. The number of ether oxygens (including phenoxy) is 2. The number of carboxylic acid groups (broad SMARTS) is 1. The van der Waals surface area contributed by atoms with E-state index in [9.17, 15) is 9.59 Å². The number of carboxylic acids is 1. The van der Waals surface area contributed by atoms with E-state index in [2.05, 4.69) is 5.16 Å². The molecule has 2 aromatic rings. The van der Waals surface area contributed by atoms with Crippen LogP contribution >= 0.6 is 11.6 Å². The van der Waals surface area contributed by atoms with Gasteiger partial charge in [-0.15, -0.1) is 0 Å². The van der Waals surface area contributed by atoms with Crippen molar-refractivity contribution < 1.29 is 28.7 Å². The molecule has 0 amide bonds. The lowest BCUT2D eigenvalue weighted by atomic mass is 10.1. The lowest BCUT2D eigenvalue weighted by molar-refractivity contribution is 0.0652. The van der Waals surface area contributed by atoms with Crippen LogP contribution in [0.4, 0.5) is 0 Å². The molecule has 7 nitrogen and oxygen atoms in total. The molecule has 0 saturated carbocycles. The van der Waals surface area contributed by atoms with E-state index in [4.69, 9.17) is 30.7 Å². The van der Waals surface area contributed by atoms with Crippen molar-refractivity contribution in [3.05, 3.63) is 28.5 Å². The number of benzene rings is 1. The Bertz CT molecular complexity index is 709. The summed E-state index contributed by atoms with van der Waals surface area (Å²) < 4.78 is 15.0. The van der Waals surface area contributed by atoms with E-state index < -0.39 is 5.97 Å². The number of hydrogen-bond acceptors (Lipinski definition) is 6. The van der Waals surface area contributed by atoms with Gasteiger partial charge in [0.1, 0.15) is 5.69 Å². The van der Waals surface area contributed by atoms with Crippen molar-refractivity contribution in [2.45, 2.75) is 0 Å². The number of aromatic carboxylic acids is 1. The Morgan fingerprint density at radius 1 is 1.33 bits per heavy atom. The monoisotopic (exact) mass is 311 g/mol. The van der Waals surface area contributed by atoms with Crippen LogP contribution in [0, 0.1) is 0 Å². The van der Waals surface area contributed by atoms with Crippen LogP contribution in [0.1, 0.15) is 20.9 Å². The number of carbonyl (C=O) groups excluding carboxylic acids is 1. The first-order chi connectivity index (χ1) is 10.0. The normalized spacial score (nSPS) is 10.2. The smallest absolute Gasteiger partial charge is 0.374 e. The number of nitrogens with zero attached hydrogens (tertiary/aromatic N) is 1. The van der Waals surface area contributed by atoms with Crippen molar-refractivity contribution in [3.63, 3.8) is 0 Å². The fourth-order valence-electron chi connectivity index (χ4n) is 1.85. The zero-order valence-electron chi connectivity index (χ0n) is 11.0. The van der Waals surface area contributed by atoms with E-state index in [1.165, 1.54) is 26.4 Å². The van der Waals surface area contributed by atoms with Gasteiger partial charge in [0.15, 0.2) is 17.8 Å². The fraction of sp³-hybridized carbons (Fsp3) is 0.154. The summed E-state index contributed by atoms with van der Waals surface area (Å²) in [6.07, 6.45) is 0.572. The molecule has 21 heavy (non-hydrogen) atoms. The van der Waals surface area contributed by atoms with Gasteiger partial charge in [0, 0.05) is 6.07 Å². The van der Waals surface area contributed by atoms with Crippen molar-refractivity contribution in [2.24, 2.45) is 0 Å². The Morgan fingerprint density at radius 2 is 2.00 bits per heavy atom. The Labute approximate surface area is 124 Å². The summed E-state index contributed by atoms with van der Waals surface area (Å²) in [6.45, 7) is 0. The molecule has 0 bridgehead atoms. The van der Waals surface area contributed by atoms with Gasteiger partial charge in [0.05, 0.1) is 30.4 Å². The van der Waals surface area contributed by atoms with Crippen molar-refractivity contribution in [2.75, 3.05) is 14.2 Å². The van der Waals surface area contributed by atoms with Crippen LogP contribution in [0.15, 0.2) is 16.7 Å². The summed E-state index contributed by atoms with van der Waals surface area (Å²) in [7, 11) is 2.73. The summed E-state index contributed by atoms with van der Waals surface area (Å²) in [5, 5.41) is 12.7. The molecule has 1 aromatic heterocycles. The quantitative estimate of drug-likeness (QED) is 0.847. The predicted octanol–water partition coefficient (Wildman–Crippen LogP) is 2.52. The number of aldehydes is 1. The van der Waals surface area contributed by atoms with Gasteiger partial charge < -0.3 is 19.1 Å². The first kappa shape index (κ1) is 14.9. The summed E-state index contributed by atoms with van der Waals surface area (Å²) >= 11 is 6.12. The zero-order valence-corrected chi connectivity index (χ0v) is 11.8. The minimum absolute atomic E-state index is 0.153. The predicted molar refractivity (Wildman–Crippen MR) is 72.4 cm³/mol. The third kappa shape index (κ3) is 2.55. The molecule has 0 aliphatic rings. The third-order valence-corrected chi connectivity index (χ3v) is 3.03. The van der Waals surface area contributed by atoms with Crippen LogP contribution in [0.25, 0.3) is 11.3 Å². The van der Waals surface area contributed by atoms with E-state index in [1.54, 1.807) is 0 Å². The highest BCUT2D eigenvalue weighted by Gasteiger charge is 2.23. The second kappa shape index (κ2) is 5.84. The van der Waals surface area contributed by atoms with Gasteiger partial charge >= 0.3 is 5.97 Å². The van der Waals surface area contributed by atoms with Crippen molar-refractivity contribution in [3.8, 4) is 22.8 Å². The van der Waals surface area contributed by atoms with Crippen molar-refractivity contribution >= 4 is 23.9 Å². The van der Waals surface area contributed by atoms with Crippen LogP contribution in [-0.4, -0.2) is 36.7 Å². The van der Waals surface area contributed by atoms with Gasteiger partial charge in [0.2, 0.25) is 5.76 Å². The molecule has 2 rings (SSSR count). The number of carbonyl (C=O) groups is 2. The molecule has 1 N–H and O–H groups in total. The SMILES string of the molecule is COc1c(C=O)cc(Cl)c(-c2cc(C(=O)O)on2)c1OC. The molecule has 0 aliphatic carbocycles. The molecule has 1 heterocycles. The highest BCUT2D eigenvalue weighted by atomic mass is 35.5. The van der Waals surface area contributed by atoms with Gasteiger partial charge in [-0.2, -0.15) is 0 Å². The van der Waals surface area contributed by atoms with Gasteiger partial charge in [-0.1, -0.05) is 16.8 Å². The van der Waals surface area contributed by atoms with Crippen LogP contribution in [0.5, 0.6) is 11.5 Å². The highest BCUT2D eigenvalue weighted by Crippen LogP contribution is 2.44. The topological polar surface area (TPSA) is 98.9 Å². The standard InChI is InChI=1S/C13H10ClNO6/c1-19-11-6(5-16)3-7(14)10(12(11)20-2)8-4-9(13(17)18)21-15-8/h3-5H,1-2H3,(H,17,18). The van der Waals surface area contributed by atoms with Gasteiger partial charge in [-0.3, -0.25) is 4.79 Å². The number of hydrogen-bond donors (Lipinski definition) is 1. The largest absolute Gasteiger partial charge is 0.492 e. The van der Waals surface area contributed by atoms with Crippen LogP contribution < -0.4 is 9.47 Å². The molecule has 8 heteroatoms. The Hall–Kier alpha value is -2.54. The molecule has 110 valence electrons. The first-order valence-corrected chi connectivity index (χ1v) is 6.01. The van der Waals surface area contributed by atoms with E-state index in [1.807, 2.05) is 0 Å². The first-order valence-electron chi connectivity index (χ1n) is 5.63. The average molecular weight is 312 g/mol. The van der Waals surface area contributed by atoms with E-state index in [0.29, 0.717) is 6.29 Å². The number of aromatic nitrogens is 1. The average Bonchev–Trinajstić information content (AvgIpc) is 2.95. The Kier molecular flexibility index (Phi) is 4.13. The summed E-state index contributed by atoms with van der Waals surface area (Å²) in [4.78, 5) is 21.9. The molecule has 1 aromatic carbocycles. The summed E-state index contributed by atoms with van der Waals surface area (Å²) in [6, 6.07) is 2.58. The van der Waals surface area contributed by atoms with Crippen LogP contribution in [0.2, 0.25) is 5.02 Å². The van der Waals surface area contributed by atoms with Gasteiger partial charge in [-0.05, 0) is 6.07 Å². The second-order valence-corrected chi connectivity index (χ2v) is 4.30. The third-order valence-electron chi connectivity index (χ3n) is 2.73. The van der Waals surface area contributed by atoms with Crippen LogP contribution in [0.3, 0.4) is 0 Å². The zero-order chi connectivity index (χ0) is 15.6. The fourth-order valence-corrected chi connectivity index (χ4v) is 2.15. The molecule has 0 unspecified atom stereocenters. The Morgan fingerprint density at radius 3 is 2.48 bits per heavy atom. The lowest BCUT2D eigenvalue weighted by Gasteiger charge is -2.14. The van der Waals surface area contributed by atoms with Gasteiger partial charge in [-0.25, -0.2) is 4.79 Å². The number of halogens is 1. The number of rotatable bonds is 5. The van der Waals surface area contributed by atoms with Crippen molar-refractivity contribution in [1.82, 2.24) is 5.16 Å². The Balaban J connectivity index is 2.72. The number of methoxy groups -OCH3 is 2. The molecular weight excluding hydrogens is 302 g/mol. The molecule has 0 fully saturated rings. The molecule has 0 atom stereocenters. The van der Waals surface area contributed by atoms with Gasteiger partial charge in [0.25, 0.3) is 0 Å². The maximum atomic E-state index is 11.0. The van der Waals surface area contributed by atoms with E-state index in [-0.39, 0.29) is 39.1 Å². The lowest BCUT2D eigenvalue weighted by Crippen LogP contribution is -1.99. The molecular formula is C13H10ClNO6.